The van der Waals surface area contributed by atoms with Gasteiger partial charge in [0, 0.05) is 33.9 Å². The number of hydrogen-bond acceptors (Lipinski definition) is 3. The van der Waals surface area contributed by atoms with E-state index in [2.05, 4.69) is 9.98 Å². The normalized spacial score (nSPS) is 13.9. The zero-order valence-electron chi connectivity index (χ0n) is 12.9. The molecule has 0 unspecified atom stereocenters. The molecule has 4 rings (SSSR count). The Hall–Kier alpha value is -2.82. The molecule has 5 heteroatoms. The van der Waals surface area contributed by atoms with Crippen molar-refractivity contribution in [1.29, 1.82) is 0 Å². The Bertz CT molecular complexity index is 999. The van der Waals surface area contributed by atoms with Crippen LogP contribution in [0.1, 0.15) is 16.7 Å². The summed E-state index contributed by atoms with van der Waals surface area (Å²) in [5.41, 5.74) is 5.13. The second-order valence-electron chi connectivity index (χ2n) is 5.77. The average Bonchev–Trinajstić information content (AvgIpc) is 2.92. The first-order valence-electron chi connectivity index (χ1n) is 7.50. The minimum absolute atomic E-state index is 0.161. The predicted octanol–water partition coefficient (Wildman–Crippen LogP) is 3.07. The summed E-state index contributed by atoms with van der Waals surface area (Å²) in [4.78, 5) is 19.2. The molecule has 0 bridgehead atoms. The molecule has 0 radical (unpaired) electrons. The van der Waals surface area contributed by atoms with E-state index in [1.54, 1.807) is 7.11 Å². The van der Waals surface area contributed by atoms with Gasteiger partial charge in [-0.2, -0.15) is 0 Å². The first-order valence-corrected chi connectivity index (χ1v) is 7.50. The van der Waals surface area contributed by atoms with Gasteiger partial charge in [0.05, 0.1) is 7.11 Å². The fourth-order valence-corrected chi connectivity index (χ4v) is 3.43. The molecule has 3 aromatic rings. The Labute approximate surface area is 132 Å². The summed E-state index contributed by atoms with van der Waals surface area (Å²) in [6.07, 6.45) is 0.770. The minimum Gasteiger partial charge on any atom is -0.497 e. The van der Waals surface area contributed by atoms with Gasteiger partial charge >= 0.3 is 5.97 Å². The highest BCUT2D eigenvalue weighted by atomic mass is 16.5. The van der Waals surface area contributed by atoms with Crippen LogP contribution in [-0.4, -0.2) is 35.4 Å². The van der Waals surface area contributed by atoms with E-state index < -0.39 is 5.97 Å². The average molecular weight is 308 g/mol. The summed E-state index contributed by atoms with van der Waals surface area (Å²) in [5.74, 6) is -0.192. The largest absolute Gasteiger partial charge is 0.497 e. The number of aliphatic imine (C=N–C) groups is 1. The molecule has 116 valence electrons. The van der Waals surface area contributed by atoms with Crippen molar-refractivity contribution < 1.29 is 14.6 Å². The van der Waals surface area contributed by atoms with E-state index in [1.807, 2.05) is 31.2 Å². The summed E-state index contributed by atoms with van der Waals surface area (Å²) in [7, 11) is 1.64. The molecule has 2 N–H and O–H groups in total. The third kappa shape index (κ3) is 1.93. The molecule has 5 nitrogen and oxygen atoms in total. The summed E-state index contributed by atoms with van der Waals surface area (Å²) < 4.78 is 5.31. The quantitative estimate of drug-likeness (QED) is 0.764. The Kier molecular flexibility index (Phi) is 2.91. The Morgan fingerprint density at radius 1 is 1.30 bits per heavy atom. The van der Waals surface area contributed by atoms with Crippen LogP contribution in [0.3, 0.4) is 0 Å². The number of nitrogens with one attached hydrogen (secondary N) is 1. The van der Waals surface area contributed by atoms with Crippen molar-refractivity contribution in [2.24, 2.45) is 4.99 Å². The Morgan fingerprint density at radius 3 is 2.87 bits per heavy atom. The molecule has 0 atom stereocenters. The summed E-state index contributed by atoms with van der Waals surface area (Å²) in [6.45, 7) is 2.56. The van der Waals surface area contributed by atoms with Crippen LogP contribution in [0.15, 0.2) is 29.3 Å². The lowest BCUT2D eigenvalue weighted by atomic mass is 9.91. The standard InChI is InChI=1S/C18H16N2O3/c1-9-11-5-6-19-17(18(21)22)13(11)8-14-12-7-10(23-2)3-4-15(12)20-16(9)14/h3-4,7-8,20H,5-6H2,1-2H3,(H,21,22). The molecule has 0 aliphatic carbocycles. The predicted molar refractivity (Wildman–Crippen MR) is 89.8 cm³/mol. The minimum atomic E-state index is -0.970. The second kappa shape index (κ2) is 4.84. The van der Waals surface area contributed by atoms with Crippen LogP contribution in [0, 0.1) is 6.92 Å². The molecule has 2 aromatic carbocycles. The van der Waals surface area contributed by atoms with E-state index in [0.29, 0.717) is 6.54 Å². The zero-order chi connectivity index (χ0) is 16.1. The van der Waals surface area contributed by atoms with Gasteiger partial charge in [-0.05, 0) is 48.7 Å². The summed E-state index contributed by atoms with van der Waals surface area (Å²) >= 11 is 0. The molecule has 0 saturated heterocycles. The number of hydrogen-bond donors (Lipinski definition) is 2. The highest BCUT2D eigenvalue weighted by Gasteiger charge is 2.24. The molecule has 0 saturated carbocycles. The maximum absolute atomic E-state index is 11.5. The third-order valence-corrected chi connectivity index (χ3v) is 4.58. The van der Waals surface area contributed by atoms with E-state index in [1.165, 1.54) is 0 Å². The maximum atomic E-state index is 11.5. The molecule has 0 amide bonds. The van der Waals surface area contributed by atoms with Crippen molar-refractivity contribution >= 4 is 33.5 Å². The molecule has 2 heterocycles. The van der Waals surface area contributed by atoms with Crippen molar-refractivity contribution in [3.05, 3.63) is 41.0 Å². The monoisotopic (exact) mass is 308 g/mol. The molecular weight excluding hydrogens is 292 g/mol. The lowest BCUT2D eigenvalue weighted by Gasteiger charge is -2.17. The zero-order valence-corrected chi connectivity index (χ0v) is 12.9. The van der Waals surface area contributed by atoms with Gasteiger partial charge in [0.2, 0.25) is 0 Å². The van der Waals surface area contributed by atoms with Gasteiger partial charge in [0.1, 0.15) is 5.75 Å². The number of rotatable bonds is 2. The van der Waals surface area contributed by atoms with Crippen molar-refractivity contribution in [1.82, 2.24) is 4.98 Å². The van der Waals surface area contributed by atoms with Crippen LogP contribution in [0.2, 0.25) is 0 Å². The van der Waals surface area contributed by atoms with Gasteiger partial charge in [-0.25, -0.2) is 4.79 Å². The van der Waals surface area contributed by atoms with Crippen LogP contribution >= 0.6 is 0 Å². The number of aromatic nitrogens is 1. The van der Waals surface area contributed by atoms with E-state index in [9.17, 15) is 9.90 Å². The van der Waals surface area contributed by atoms with Crippen LogP contribution in [0.4, 0.5) is 0 Å². The number of carboxylic acids is 1. The van der Waals surface area contributed by atoms with Gasteiger partial charge in [-0.15, -0.1) is 0 Å². The summed E-state index contributed by atoms with van der Waals surface area (Å²) in [5, 5.41) is 11.5. The maximum Gasteiger partial charge on any atom is 0.354 e. The van der Waals surface area contributed by atoms with Gasteiger partial charge in [-0.1, -0.05) is 0 Å². The lowest BCUT2D eigenvalue weighted by Crippen LogP contribution is -2.22. The Balaban J connectivity index is 2.10. The topological polar surface area (TPSA) is 74.7 Å². The van der Waals surface area contributed by atoms with Gasteiger partial charge in [0.15, 0.2) is 5.71 Å². The van der Waals surface area contributed by atoms with Crippen LogP contribution in [0.25, 0.3) is 21.8 Å². The number of carbonyl (C=O) groups is 1. The number of aliphatic carboxylic acids is 1. The highest BCUT2D eigenvalue weighted by Crippen LogP contribution is 2.34. The molecule has 23 heavy (non-hydrogen) atoms. The fraction of sp³-hybridized carbons (Fsp3) is 0.222. The number of fused-ring (bicyclic) bond motifs is 4. The molecule has 1 aliphatic rings. The highest BCUT2D eigenvalue weighted by molar-refractivity contribution is 6.43. The first-order chi connectivity index (χ1) is 11.1. The lowest BCUT2D eigenvalue weighted by molar-refractivity contribution is -0.129. The molecule has 0 fully saturated rings. The van der Waals surface area contributed by atoms with Crippen molar-refractivity contribution in [3.8, 4) is 5.75 Å². The van der Waals surface area contributed by atoms with Gasteiger partial charge in [0.25, 0.3) is 0 Å². The Morgan fingerprint density at radius 2 is 2.13 bits per heavy atom. The third-order valence-electron chi connectivity index (χ3n) is 4.58. The number of aryl methyl sites for hydroxylation is 1. The van der Waals surface area contributed by atoms with E-state index >= 15 is 0 Å². The number of H-pyrrole nitrogens is 1. The number of ether oxygens (including phenoxy) is 1. The summed E-state index contributed by atoms with van der Waals surface area (Å²) in [6, 6.07) is 7.82. The smallest absolute Gasteiger partial charge is 0.354 e. The van der Waals surface area contributed by atoms with E-state index in [-0.39, 0.29) is 5.71 Å². The molecule has 0 spiro atoms. The van der Waals surface area contributed by atoms with Gasteiger partial charge < -0.3 is 14.8 Å². The molecule has 1 aromatic heterocycles. The number of methoxy groups -OCH3 is 1. The van der Waals surface area contributed by atoms with E-state index in [0.717, 1.165) is 50.7 Å². The van der Waals surface area contributed by atoms with Crippen LogP contribution in [0.5, 0.6) is 5.75 Å². The van der Waals surface area contributed by atoms with Crippen molar-refractivity contribution in [2.45, 2.75) is 13.3 Å². The number of aromatic amines is 1. The van der Waals surface area contributed by atoms with Gasteiger partial charge in [-0.3, -0.25) is 4.99 Å². The van der Waals surface area contributed by atoms with Crippen LogP contribution < -0.4 is 4.74 Å². The second-order valence-corrected chi connectivity index (χ2v) is 5.77. The first kappa shape index (κ1) is 13.8. The van der Waals surface area contributed by atoms with E-state index in [4.69, 9.17) is 4.74 Å². The molecule has 1 aliphatic heterocycles. The SMILES string of the molecule is COc1ccc2[nH]c3c(C)c4c(cc3c2c1)C(C(=O)O)=NCC4. The van der Waals surface area contributed by atoms with Crippen molar-refractivity contribution in [2.75, 3.05) is 13.7 Å². The fourth-order valence-electron chi connectivity index (χ4n) is 3.43. The van der Waals surface area contributed by atoms with Crippen LogP contribution in [-0.2, 0) is 11.2 Å². The number of nitrogens with zero attached hydrogens (tertiary/aromatic N) is 1. The van der Waals surface area contributed by atoms with Crippen molar-refractivity contribution in [3.63, 3.8) is 0 Å². The molecular formula is C18H16N2O3. The number of carboxylic acid groups (broad SMARTS) is 1. The number of benzene rings is 2.